The van der Waals surface area contributed by atoms with E-state index in [0.717, 1.165) is 0 Å². The van der Waals surface area contributed by atoms with Crippen molar-refractivity contribution >= 4 is 11.4 Å². The molecule has 4 nitrogen and oxygen atoms in total. The molecule has 5 N–H and O–H groups in total. The second-order valence-electron chi connectivity index (χ2n) is 2.82. The number of aliphatic hydroxyl groups is 1. The largest absolute Gasteiger partial charge is 0.508 e. The number of benzene rings is 1. The molecule has 0 saturated heterocycles. The minimum atomic E-state index is 0.0362. The van der Waals surface area contributed by atoms with Crippen LogP contribution >= 0.6 is 0 Å². The minimum Gasteiger partial charge on any atom is -0.508 e. The molecule has 0 fully saturated rings. The fourth-order valence-corrected chi connectivity index (χ4v) is 1.14. The fourth-order valence-electron chi connectivity index (χ4n) is 1.14. The smallest absolute Gasteiger partial charge is 0.120 e. The molecule has 0 aromatic heterocycles. The van der Waals surface area contributed by atoms with E-state index in [1.54, 1.807) is 19.1 Å². The van der Waals surface area contributed by atoms with E-state index in [0.29, 0.717) is 23.5 Å². The lowest BCUT2D eigenvalue weighted by molar-refractivity contribution is 0.311. The monoisotopic (exact) mass is 182 g/mol. The van der Waals surface area contributed by atoms with Gasteiger partial charge >= 0.3 is 0 Å². The average molecular weight is 182 g/mol. The average Bonchev–Trinajstić information content (AvgIpc) is 2.12. The van der Waals surface area contributed by atoms with Crippen molar-refractivity contribution in [2.75, 3.05) is 24.2 Å². The summed E-state index contributed by atoms with van der Waals surface area (Å²) < 4.78 is 0. The first-order chi connectivity index (χ1) is 6.16. The number of nitrogens with one attached hydrogen (secondary N) is 1. The second-order valence-corrected chi connectivity index (χ2v) is 2.82. The quantitative estimate of drug-likeness (QED) is 0.409. The Morgan fingerprint density at radius 3 is 2.77 bits per heavy atom. The molecule has 4 heteroatoms. The Balaban J connectivity index is 2.96. The maximum atomic E-state index is 9.37. The van der Waals surface area contributed by atoms with Gasteiger partial charge in [0.2, 0.25) is 0 Å². The fraction of sp³-hybridized carbons (Fsp3) is 0.333. The number of hydrogen-bond donors (Lipinski definition) is 4. The molecule has 0 spiro atoms. The van der Waals surface area contributed by atoms with Crippen LogP contribution in [0.1, 0.15) is 5.56 Å². The summed E-state index contributed by atoms with van der Waals surface area (Å²) in [6.45, 7) is 2.23. The van der Waals surface area contributed by atoms with Crippen molar-refractivity contribution in [1.82, 2.24) is 0 Å². The van der Waals surface area contributed by atoms with E-state index in [9.17, 15) is 5.11 Å². The number of hydrogen-bond acceptors (Lipinski definition) is 4. The normalized spacial score (nSPS) is 10.0. The molecule has 0 amide bonds. The summed E-state index contributed by atoms with van der Waals surface area (Å²) in [5.74, 6) is 0.203. The van der Waals surface area contributed by atoms with Gasteiger partial charge in [0.25, 0.3) is 0 Å². The number of anilines is 2. The Labute approximate surface area is 77.0 Å². The number of aromatic hydroxyl groups is 1. The van der Waals surface area contributed by atoms with Gasteiger partial charge in [0.15, 0.2) is 0 Å². The molecule has 0 atom stereocenters. The molecule has 72 valence electrons. The van der Waals surface area contributed by atoms with Gasteiger partial charge in [-0.05, 0) is 19.1 Å². The third-order valence-corrected chi connectivity index (χ3v) is 1.88. The number of nitrogen functional groups attached to an aromatic ring is 1. The Morgan fingerprint density at radius 1 is 1.46 bits per heavy atom. The van der Waals surface area contributed by atoms with Crippen LogP contribution in [0.5, 0.6) is 5.75 Å². The third-order valence-electron chi connectivity index (χ3n) is 1.88. The molecule has 1 aromatic rings. The van der Waals surface area contributed by atoms with Crippen molar-refractivity contribution in [1.29, 1.82) is 0 Å². The van der Waals surface area contributed by atoms with Crippen molar-refractivity contribution in [3.63, 3.8) is 0 Å². The van der Waals surface area contributed by atoms with E-state index >= 15 is 0 Å². The van der Waals surface area contributed by atoms with Crippen LogP contribution in [0.15, 0.2) is 12.1 Å². The van der Waals surface area contributed by atoms with E-state index in [2.05, 4.69) is 5.32 Å². The van der Waals surface area contributed by atoms with Crippen molar-refractivity contribution < 1.29 is 10.2 Å². The highest BCUT2D eigenvalue weighted by molar-refractivity contribution is 5.72. The molecule has 0 aliphatic carbocycles. The summed E-state index contributed by atoms with van der Waals surface area (Å²) in [6.07, 6.45) is 0. The summed E-state index contributed by atoms with van der Waals surface area (Å²) in [4.78, 5) is 0. The van der Waals surface area contributed by atoms with Gasteiger partial charge < -0.3 is 21.3 Å². The Hall–Kier alpha value is -1.42. The van der Waals surface area contributed by atoms with Gasteiger partial charge in [-0.2, -0.15) is 0 Å². The van der Waals surface area contributed by atoms with E-state index in [-0.39, 0.29) is 12.4 Å². The Bertz CT molecular complexity index is 300. The first kappa shape index (κ1) is 9.67. The third kappa shape index (κ3) is 2.03. The summed E-state index contributed by atoms with van der Waals surface area (Å²) in [6, 6.07) is 3.18. The predicted molar refractivity (Wildman–Crippen MR) is 52.8 cm³/mol. The van der Waals surface area contributed by atoms with E-state index in [1.807, 2.05) is 0 Å². The van der Waals surface area contributed by atoms with E-state index in [4.69, 9.17) is 10.8 Å². The van der Waals surface area contributed by atoms with Crippen LogP contribution in [0.25, 0.3) is 0 Å². The van der Waals surface area contributed by atoms with E-state index in [1.165, 1.54) is 0 Å². The predicted octanol–water partition coefficient (Wildman–Crippen LogP) is 0.687. The van der Waals surface area contributed by atoms with Crippen LogP contribution < -0.4 is 11.1 Å². The van der Waals surface area contributed by atoms with Gasteiger partial charge in [-0.25, -0.2) is 0 Å². The molecule has 0 saturated carbocycles. The second kappa shape index (κ2) is 4.00. The first-order valence-electron chi connectivity index (χ1n) is 4.09. The maximum absolute atomic E-state index is 9.37. The number of phenolic OH excluding ortho intramolecular Hbond substituents is 1. The van der Waals surface area contributed by atoms with Gasteiger partial charge in [0.1, 0.15) is 5.75 Å². The Morgan fingerprint density at radius 2 is 2.15 bits per heavy atom. The molecular formula is C9H14N2O2. The molecule has 0 bridgehead atoms. The minimum absolute atomic E-state index is 0.0362. The highest BCUT2D eigenvalue weighted by Crippen LogP contribution is 2.29. The van der Waals surface area contributed by atoms with Crippen LogP contribution in [0.4, 0.5) is 11.4 Å². The zero-order valence-electron chi connectivity index (χ0n) is 7.54. The van der Waals surface area contributed by atoms with Crippen molar-refractivity contribution in [3.05, 3.63) is 17.7 Å². The summed E-state index contributed by atoms with van der Waals surface area (Å²) in [5.41, 5.74) is 7.64. The molecule has 0 radical (unpaired) electrons. The SMILES string of the molecule is Cc1c(O)ccc(N)c1NCCO. The molecular weight excluding hydrogens is 168 g/mol. The molecule has 0 unspecified atom stereocenters. The highest BCUT2D eigenvalue weighted by Gasteiger charge is 2.05. The topological polar surface area (TPSA) is 78.5 Å². The van der Waals surface area contributed by atoms with Gasteiger partial charge in [-0.3, -0.25) is 0 Å². The first-order valence-corrected chi connectivity index (χ1v) is 4.09. The van der Waals surface area contributed by atoms with E-state index < -0.39 is 0 Å². The number of nitrogens with two attached hydrogens (primary N) is 1. The number of rotatable bonds is 3. The highest BCUT2D eigenvalue weighted by atomic mass is 16.3. The molecule has 13 heavy (non-hydrogen) atoms. The van der Waals surface area contributed by atoms with Crippen LogP contribution in [0, 0.1) is 6.92 Å². The maximum Gasteiger partial charge on any atom is 0.120 e. The number of aliphatic hydroxyl groups excluding tert-OH is 1. The molecule has 0 aliphatic rings. The van der Waals surface area contributed by atoms with Gasteiger partial charge in [-0.1, -0.05) is 0 Å². The summed E-state index contributed by atoms with van der Waals surface area (Å²) in [5, 5.41) is 20.9. The number of phenols is 1. The summed E-state index contributed by atoms with van der Waals surface area (Å²) >= 11 is 0. The van der Waals surface area contributed by atoms with Crippen molar-refractivity contribution in [3.8, 4) is 5.75 Å². The molecule has 0 heterocycles. The molecule has 1 aromatic carbocycles. The van der Waals surface area contributed by atoms with Gasteiger partial charge in [0.05, 0.1) is 18.0 Å². The van der Waals surface area contributed by atoms with Crippen LogP contribution in [0.3, 0.4) is 0 Å². The Kier molecular flexibility index (Phi) is 2.97. The molecule has 1 rings (SSSR count). The van der Waals surface area contributed by atoms with Crippen molar-refractivity contribution in [2.24, 2.45) is 0 Å². The lowest BCUT2D eigenvalue weighted by Crippen LogP contribution is -2.08. The van der Waals surface area contributed by atoms with Crippen LogP contribution in [-0.2, 0) is 0 Å². The van der Waals surface area contributed by atoms with Gasteiger partial charge in [0, 0.05) is 12.1 Å². The standard InChI is InChI=1S/C9H14N2O2/c1-6-8(13)3-2-7(10)9(6)11-4-5-12/h2-3,11-13H,4-5,10H2,1H3. The van der Waals surface area contributed by atoms with Crippen LogP contribution in [-0.4, -0.2) is 23.4 Å². The lowest BCUT2D eigenvalue weighted by Gasteiger charge is -2.12. The van der Waals surface area contributed by atoms with Gasteiger partial charge in [-0.15, -0.1) is 0 Å². The summed E-state index contributed by atoms with van der Waals surface area (Å²) in [7, 11) is 0. The van der Waals surface area contributed by atoms with Crippen LogP contribution in [0.2, 0.25) is 0 Å². The lowest BCUT2D eigenvalue weighted by atomic mass is 10.1. The zero-order chi connectivity index (χ0) is 9.84. The molecule has 0 aliphatic heterocycles. The zero-order valence-corrected chi connectivity index (χ0v) is 7.54. The van der Waals surface area contributed by atoms with Crippen molar-refractivity contribution in [2.45, 2.75) is 6.92 Å².